The second-order valence-corrected chi connectivity index (χ2v) is 39.1. The fourth-order valence-corrected chi connectivity index (χ4v) is 22.3. The van der Waals surface area contributed by atoms with E-state index in [9.17, 15) is 59.5 Å². The molecule has 0 N–H and O–H groups in total. The van der Waals surface area contributed by atoms with Crippen LogP contribution in [0.5, 0.6) is 0 Å². The summed E-state index contributed by atoms with van der Waals surface area (Å²) >= 11 is 0. The van der Waals surface area contributed by atoms with Gasteiger partial charge in [0.2, 0.25) is 45.9 Å². The highest BCUT2D eigenvalue weighted by molar-refractivity contribution is 7.89. The Morgan fingerprint density at radius 3 is 1.25 bits per heavy atom. The molecule has 39 heteroatoms. The molecule has 8 aromatic heterocycles. The van der Waals surface area contributed by atoms with Gasteiger partial charge >= 0.3 is 0 Å². The average molecular weight is 1570 g/mol. The van der Waals surface area contributed by atoms with E-state index in [1.165, 1.54) is 38.7 Å². The number of rotatable bonds is 16. The molecule has 21 rings (SSSR count). The standard InChI is InChI=1S/C19H19N7O2S.C18H16N6O3S.C18H18N6O2S.C17H17N7O2S/c1-2-29(27,28)25-9-18(10-25,7-8-20)26-23-16-15-14-12(3-4-13(14)21-11-22-15)19(5-6-19)17(16)24-26;1-2-28(26,27)23-9-18(10-23,6-7-19)24-21-15-11-5-8-20-13-4-3-12(14(11)13)17(25)16(15)22-24;1-2-27(25,26)23-10-18(11-23,6-7-19)24-21-15-9-12-3-4-14-16(12)13(5-8-20-14)17(15)22-24;1-2-27(25,26)23-8-17(9-23,5-6-18)24-21-13-7-11-3-4-12-14(11)16(15(13)22-24)20-10-19-12/h3,11H,2,4-7,9-10H2,1H3;3,5,8H,2,4,6,9-10H2,1H3;3,5,8H,2,4,6,9-11H2,1H3;3,10H,2,4-5,7-9H2,1H3. The van der Waals surface area contributed by atoms with Gasteiger partial charge in [-0.2, -0.15) is 93.1 Å². The van der Waals surface area contributed by atoms with Gasteiger partial charge in [0.1, 0.15) is 74.7 Å². The monoisotopic (exact) mass is 1570 g/mol. The average Bonchev–Trinajstić information content (AvgIpc) is 1.52. The van der Waals surface area contributed by atoms with Crippen molar-refractivity contribution >= 4 is 68.2 Å². The molecule has 0 aromatic carbocycles. The first-order chi connectivity index (χ1) is 53.3. The third-order valence-electron chi connectivity index (χ3n) is 23.7. The first-order valence-corrected chi connectivity index (χ1v) is 43.0. The summed E-state index contributed by atoms with van der Waals surface area (Å²) in [6, 6.07) is 12.4. The van der Waals surface area contributed by atoms with Crippen molar-refractivity contribution in [2.75, 3.05) is 75.4 Å². The number of nitriles is 4. The lowest BCUT2D eigenvalue weighted by Gasteiger charge is -2.46. The van der Waals surface area contributed by atoms with Crippen molar-refractivity contribution in [3.8, 4) is 69.6 Å². The number of pyridine rings is 2. The van der Waals surface area contributed by atoms with Crippen molar-refractivity contribution in [2.45, 2.75) is 132 Å². The molecule has 35 nitrogen and oxygen atoms in total. The predicted octanol–water partition coefficient (Wildman–Crippen LogP) is 3.36. The largest absolute Gasteiger partial charge is 0.287 e. The SMILES string of the molecule is CCS(=O)(=O)N1CC(CC#N)(n2nc3c(n2)-c2ccnc4c2C(=CC4)C3)C1.CCS(=O)(=O)N1CC(CC#N)(n2nc3c(n2)-c2ccnc4c2C(=CC4)C3=O)C1.CCS(=O)(=O)N1CC(CC#N)(n2nc3c(n2)-c2ncnc4c2C(=CC4)C3)C1.CCS(=O)(=O)N1CC(CC#N)(n2nc3c(n2)C2(CC2)C2=CCc4ncnc-3c42)C1. The van der Waals surface area contributed by atoms with Crippen molar-refractivity contribution in [2.24, 2.45) is 0 Å². The van der Waals surface area contributed by atoms with Gasteiger partial charge < -0.3 is 0 Å². The van der Waals surface area contributed by atoms with Gasteiger partial charge in [-0.1, -0.05) is 24.3 Å². The quantitative estimate of drug-likeness (QED) is 0.134. The summed E-state index contributed by atoms with van der Waals surface area (Å²) < 4.78 is 103. The molecule has 13 aliphatic rings. The molecular weight excluding hydrogens is 1500 g/mol. The summed E-state index contributed by atoms with van der Waals surface area (Å²) in [5.41, 5.74) is 18.2. The van der Waals surface area contributed by atoms with Crippen LogP contribution in [0.4, 0.5) is 0 Å². The van der Waals surface area contributed by atoms with Crippen LogP contribution in [-0.2, 0) is 106 Å². The number of hydrogen-bond acceptors (Lipinski definition) is 27. The highest BCUT2D eigenvalue weighted by Crippen LogP contribution is 2.64. The van der Waals surface area contributed by atoms with E-state index >= 15 is 0 Å². The fourth-order valence-electron chi connectivity index (χ4n) is 17.3. The first kappa shape index (κ1) is 71.8. The number of Topliss-reactive ketones (excluding diaryl/α,β-unsaturated/α-hetero) is 1. The smallest absolute Gasteiger partial charge is 0.215 e. The summed E-state index contributed by atoms with van der Waals surface area (Å²) in [5.74, 6) is -0.0715. The van der Waals surface area contributed by atoms with Gasteiger partial charge in [-0.25, -0.2) is 53.6 Å². The topological polar surface area (TPSA) is 462 Å². The van der Waals surface area contributed by atoms with Gasteiger partial charge in [0.25, 0.3) is 0 Å². The summed E-state index contributed by atoms with van der Waals surface area (Å²) in [5, 5.41) is 74.8. The van der Waals surface area contributed by atoms with Crippen molar-refractivity contribution in [3.63, 3.8) is 0 Å². The van der Waals surface area contributed by atoms with Crippen LogP contribution >= 0.6 is 0 Å². The number of hydrogen-bond donors (Lipinski definition) is 0. The maximum atomic E-state index is 12.9. The molecule has 12 heterocycles. The van der Waals surface area contributed by atoms with E-state index in [2.05, 4.69) is 92.8 Å². The van der Waals surface area contributed by atoms with E-state index in [-0.39, 0.29) is 118 Å². The lowest BCUT2D eigenvalue weighted by molar-refractivity contribution is 0.0570. The second kappa shape index (κ2) is 25.4. The highest BCUT2D eigenvalue weighted by atomic mass is 32.2. The minimum atomic E-state index is -3.35. The molecule has 0 unspecified atom stereocenters. The summed E-state index contributed by atoms with van der Waals surface area (Å²) in [6.07, 6.45) is 22.0. The van der Waals surface area contributed by atoms with Crippen LogP contribution in [0, 0.1) is 45.3 Å². The molecule has 4 aliphatic heterocycles. The van der Waals surface area contributed by atoms with Crippen LogP contribution in [0.2, 0.25) is 0 Å². The molecule has 0 bridgehead atoms. The van der Waals surface area contributed by atoms with Crippen LogP contribution in [-0.4, -0.2) is 222 Å². The number of allylic oxidation sites excluding steroid dienone is 8. The first-order valence-electron chi connectivity index (χ1n) is 36.6. The Morgan fingerprint density at radius 2 is 0.766 bits per heavy atom. The van der Waals surface area contributed by atoms with E-state index in [1.807, 2.05) is 18.2 Å². The van der Waals surface area contributed by atoms with E-state index in [1.54, 1.807) is 67.1 Å². The maximum Gasteiger partial charge on any atom is 0.215 e. The number of ketones is 1. The van der Waals surface area contributed by atoms with Gasteiger partial charge in [0, 0.05) is 148 Å². The van der Waals surface area contributed by atoms with Gasteiger partial charge in [-0.3, -0.25) is 14.8 Å². The van der Waals surface area contributed by atoms with Crippen LogP contribution in [0.25, 0.3) is 67.6 Å². The summed E-state index contributed by atoms with van der Waals surface area (Å²) in [6.45, 7) is 8.05. The van der Waals surface area contributed by atoms with Gasteiger partial charge in [-0.05, 0) is 69.4 Å². The maximum absolute atomic E-state index is 12.9. The lowest BCUT2D eigenvalue weighted by atomic mass is 9.81. The molecule has 9 aliphatic carbocycles. The number of fused-ring (bicyclic) bond motifs is 10. The zero-order valence-electron chi connectivity index (χ0n) is 60.7. The lowest BCUT2D eigenvalue weighted by Crippen LogP contribution is -2.64. The van der Waals surface area contributed by atoms with Crippen molar-refractivity contribution in [1.82, 2.24) is 107 Å². The molecule has 111 heavy (non-hydrogen) atoms. The molecule has 5 fully saturated rings. The number of aromatic nitrogens is 18. The zero-order chi connectivity index (χ0) is 77.3. The van der Waals surface area contributed by atoms with Crippen LogP contribution in [0.3, 0.4) is 0 Å². The number of nitrogens with zero attached hydrogens (tertiary/aromatic N) is 26. The third-order valence-corrected chi connectivity index (χ3v) is 30.8. The Balaban J connectivity index is 0.000000104. The van der Waals surface area contributed by atoms with Crippen LogP contribution in [0.1, 0.15) is 139 Å². The molecule has 1 spiro atoms. The van der Waals surface area contributed by atoms with E-state index in [4.69, 9.17) is 20.4 Å². The van der Waals surface area contributed by atoms with E-state index in [0.717, 1.165) is 128 Å². The Hall–Kier alpha value is -10.8. The van der Waals surface area contributed by atoms with Crippen molar-refractivity contribution in [1.29, 1.82) is 21.0 Å². The van der Waals surface area contributed by atoms with Gasteiger partial charge in [0.05, 0.1) is 107 Å². The molecule has 566 valence electrons. The van der Waals surface area contributed by atoms with E-state index < -0.39 is 62.2 Å². The number of sulfonamides is 4. The molecule has 4 saturated heterocycles. The molecule has 0 radical (unpaired) electrons. The van der Waals surface area contributed by atoms with Gasteiger partial charge in [0.15, 0.2) is 5.69 Å². The Bertz CT molecular complexity index is 6050. The Labute approximate surface area is 637 Å². The van der Waals surface area contributed by atoms with Crippen LogP contribution in [0.15, 0.2) is 61.5 Å². The molecule has 1 saturated carbocycles. The number of carbonyl (C=O) groups excluding carboxylic acids is 1. The molecular formula is C72H70N26O9S4. The highest BCUT2D eigenvalue weighted by Gasteiger charge is 2.60. The zero-order valence-corrected chi connectivity index (χ0v) is 63.9. The fraction of sp³-hybridized carbons (Fsp3) is 0.458. The summed E-state index contributed by atoms with van der Waals surface area (Å²) in [4.78, 5) is 45.6. The third kappa shape index (κ3) is 10.8. The molecule has 0 atom stereocenters. The minimum absolute atomic E-state index is 0.00549. The summed E-state index contributed by atoms with van der Waals surface area (Å²) in [7, 11) is -13.2. The van der Waals surface area contributed by atoms with Gasteiger partial charge in [-0.15, -0.1) is 5.10 Å². The van der Waals surface area contributed by atoms with Crippen molar-refractivity contribution in [3.05, 3.63) is 129 Å². The predicted molar refractivity (Wildman–Crippen MR) is 395 cm³/mol. The van der Waals surface area contributed by atoms with E-state index in [0.29, 0.717) is 36.2 Å². The molecule has 8 aromatic rings. The second-order valence-electron chi connectivity index (χ2n) is 30.1. The van der Waals surface area contributed by atoms with Crippen LogP contribution < -0.4 is 0 Å². The Morgan fingerprint density at radius 1 is 0.387 bits per heavy atom. The minimum Gasteiger partial charge on any atom is -0.287 e. The Kier molecular flexibility index (Phi) is 16.4. The number of carbonyl (C=O) groups is 1. The normalized spacial score (nSPS) is 20.3. The molecule has 0 amide bonds. The van der Waals surface area contributed by atoms with Crippen molar-refractivity contribution < 1.29 is 38.5 Å².